The minimum atomic E-state index is -0.930. The van der Waals surface area contributed by atoms with Crippen LogP contribution in [0.1, 0.15) is 19.4 Å². The summed E-state index contributed by atoms with van der Waals surface area (Å²) in [7, 11) is 0. The smallest absolute Gasteiger partial charge is 0.139 e. The summed E-state index contributed by atoms with van der Waals surface area (Å²) >= 11 is 0. The second-order valence-corrected chi connectivity index (χ2v) is 7.58. The summed E-state index contributed by atoms with van der Waals surface area (Å²) in [6.07, 6.45) is 7.34. The second-order valence-electron chi connectivity index (χ2n) is 7.58. The average molecular weight is 384 g/mol. The van der Waals surface area contributed by atoms with Crippen LogP contribution in [0.3, 0.4) is 0 Å². The van der Waals surface area contributed by atoms with Crippen molar-refractivity contribution in [2.24, 2.45) is 0 Å². The number of pyridine rings is 1. The molecule has 28 heavy (non-hydrogen) atoms. The molecule has 2 atom stereocenters. The second kappa shape index (κ2) is 7.18. The lowest BCUT2D eigenvalue weighted by molar-refractivity contribution is -0.0847. The lowest BCUT2D eigenvalue weighted by Crippen LogP contribution is -2.55. The number of rotatable bonds is 5. The largest absolute Gasteiger partial charge is 0.384 e. The number of aromatic nitrogens is 4. The van der Waals surface area contributed by atoms with Gasteiger partial charge in [0.05, 0.1) is 37.2 Å². The zero-order valence-electron chi connectivity index (χ0n) is 15.9. The third-order valence-corrected chi connectivity index (χ3v) is 5.87. The van der Waals surface area contributed by atoms with Gasteiger partial charge in [0.1, 0.15) is 11.8 Å². The molecule has 0 amide bonds. The Morgan fingerprint density at radius 1 is 1.36 bits per heavy atom. The molecule has 0 saturated carbocycles. The van der Waals surface area contributed by atoms with Crippen molar-refractivity contribution in [3.8, 4) is 11.1 Å². The van der Waals surface area contributed by atoms with Crippen molar-refractivity contribution in [2.45, 2.75) is 31.6 Å². The number of hydrogen-bond donors (Lipinski definition) is 2. The summed E-state index contributed by atoms with van der Waals surface area (Å²) in [6.45, 7) is 5.67. The van der Waals surface area contributed by atoms with Crippen molar-refractivity contribution in [1.82, 2.24) is 24.6 Å². The zero-order valence-corrected chi connectivity index (χ0v) is 15.9. The van der Waals surface area contributed by atoms with Crippen LogP contribution in [0.2, 0.25) is 0 Å². The Morgan fingerprint density at radius 3 is 3.00 bits per heavy atom. The summed E-state index contributed by atoms with van der Waals surface area (Å²) in [6, 6.07) is 2.18. The third kappa shape index (κ3) is 2.97. The molecule has 3 aromatic heterocycles. The Labute approximate surface area is 162 Å². The van der Waals surface area contributed by atoms with E-state index in [0.29, 0.717) is 12.6 Å². The first-order valence-corrected chi connectivity index (χ1v) is 9.95. The van der Waals surface area contributed by atoms with Gasteiger partial charge in [-0.3, -0.25) is 9.58 Å². The van der Waals surface area contributed by atoms with E-state index < -0.39 is 6.17 Å². The number of alkyl halides is 1. The Morgan fingerprint density at radius 2 is 2.25 bits per heavy atom. The number of anilines is 1. The van der Waals surface area contributed by atoms with E-state index in [1.54, 1.807) is 4.68 Å². The molecule has 2 saturated heterocycles. The van der Waals surface area contributed by atoms with Gasteiger partial charge in [-0.05, 0) is 19.4 Å². The molecular weight excluding hydrogens is 359 g/mol. The monoisotopic (exact) mass is 384 g/mol. The topological polar surface area (TPSA) is 71.0 Å². The van der Waals surface area contributed by atoms with Crippen LogP contribution in [0.15, 0.2) is 30.9 Å². The van der Waals surface area contributed by atoms with E-state index in [9.17, 15) is 4.39 Å². The summed E-state index contributed by atoms with van der Waals surface area (Å²) < 4.78 is 22.0. The standard InChI is InChI=1S/C20H25FN6O/c1-2-22-19-15-3-5-23-20(15)24-8-16(19)13-7-25-27(9-13)18-4-6-26(10-17(18)21)14-11-28-12-14/h3,5,7-9,14,17-18H,2,4,6,10-12H2,1H3,(H2,22,23,24)/t17-,18-/m0/s1. The quantitative estimate of drug-likeness (QED) is 0.708. The van der Waals surface area contributed by atoms with Gasteiger partial charge in [0.15, 0.2) is 0 Å². The molecule has 148 valence electrons. The molecule has 0 radical (unpaired) electrons. The van der Waals surface area contributed by atoms with E-state index in [1.165, 1.54) is 0 Å². The van der Waals surface area contributed by atoms with E-state index >= 15 is 0 Å². The summed E-state index contributed by atoms with van der Waals surface area (Å²) in [5, 5.41) is 9.00. The number of halogens is 1. The lowest BCUT2D eigenvalue weighted by Gasteiger charge is -2.42. The summed E-state index contributed by atoms with van der Waals surface area (Å²) in [5.74, 6) is 0. The predicted molar refractivity (Wildman–Crippen MR) is 106 cm³/mol. The van der Waals surface area contributed by atoms with E-state index in [1.807, 2.05) is 30.9 Å². The van der Waals surface area contributed by atoms with Crippen molar-refractivity contribution in [3.05, 3.63) is 30.9 Å². The number of piperidine rings is 1. The van der Waals surface area contributed by atoms with Gasteiger partial charge >= 0.3 is 0 Å². The first-order valence-electron chi connectivity index (χ1n) is 9.95. The van der Waals surface area contributed by atoms with Gasteiger partial charge in [0, 0.05) is 54.7 Å². The Balaban J connectivity index is 1.40. The highest BCUT2D eigenvalue weighted by atomic mass is 19.1. The van der Waals surface area contributed by atoms with Crippen LogP contribution in [0.5, 0.6) is 0 Å². The molecule has 3 aromatic rings. The number of likely N-dealkylation sites (tertiary alicyclic amines) is 1. The molecule has 0 spiro atoms. The van der Waals surface area contributed by atoms with Crippen molar-refractivity contribution >= 4 is 16.7 Å². The van der Waals surface area contributed by atoms with Crippen molar-refractivity contribution in [1.29, 1.82) is 0 Å². The predicted octanol–water partition coefficient (Wildman–Crippen LogP) is 2.84. The Bertz CT molecular complexity index is 965. The van der Waals surface area contributed by atoms with Crippen LogP contribution in [0.4, 0.5) is 10.1 Å². The van der Waals surface area contributed by atoms with Gasteiger partial charge in [-0.15, -0.1) is 0 Å². The number of H-pyrrole nitrogens is 1. The van der Waals surface area contributed by atoms with Crippen LogP contribution in [-0.4, -0.2) is 69.7 Å². The highest BCUT2D eigenvalue weighted by molar-refractivity contribution is 5.97. The molecule has 0 aromatic carbocycles. The first-order chi connectivity index (χ1) is 13.7. The lowest BCUT2D eigenvalue weighted by atomic mass is 10.0. The number of nitrogens with one attached hydrogen (secondary N) is 2. The van der Waals surface area contributed by atoms with E-state index in [2.05, 4.69) is 32.2 Å². The van der Waals surface area contributed by atoms with Gasteiger partial charge < -0.3 is 15.0 Å². The van der Waals surface area contributed by atoms with Crippen molar-refractivity contribution < 1.29 is 9.13 Å². The van der Waals surface area contributed by atoms with E-state index in [4.69, 9.17) is 4.74 Å². The van der Waals surface area contributed by atoms with Crippen molar-refractivity contribution in [2.75, 3.05) is 38.2 Å². The molecule has 0 bridgehead atoms. The molecule has 2 aliphatic rings. The molecule has 2 fully saturated rings. The molecule has 2 N–H and O–H groups in total. The number of aromatic amines is 1. The molecule has 0 aliphatic carbocycles. The van der Waals surface area contributed by atoms with Crippen LogP contribution in [-0.2, 0) is 4.74 Å². The molecule has 5 rings (SSSR count). The van der Waals surface area contributed by atoms with Crippen LogP contribution in [0, 0.1) is 0 Å². The fraction of sp³-hybridized carbons (Fsp3) is 0.500. The summed E-state index contributed by atoms with van der Waals surface area (Å²) in [4.78, 5) is 9.87. The van der Waals surface area contributed by atoms with Crippen LogP contribution < -0.4 is 5.32 Å². The Hall–Kier alpha value is -2.45. The maximum absolute atomic E-state index is 14.9. The highest BCUT2D eigenvalue weighted by Crippen LogP contribution is 2.35. The van der Waals surface area contributed by atoms with Gasteiger partial charge in [-0.2, -0.15) is 5.10 Å². The molecule has 7 nitrogen and oxygen atoms in total. The van der Waals surface area contributed by atoms with Gasteiger partial charge in [0.2, 0.25) is 0 Å². The van der Waals surface area contributed by atoms with E-state index in [0.717, 1.165) is 60.6 Å². The van der Waals surface area contributed by atoms with Gasteiger partial charge in [-0.25, -0.2) is 9.37 Å². The van der Waals surface area contributed by atoms with Gasteiger partial charge in [-0.1, -0.05) is 0 Å². The fourth-order valence-corrected chi connectivity index (χ4v) is 4.23. The first kappa shape index (κ1) is 17.6. The number of ether oxygens (including phenoxy) is 1. The van der Waals surface area contributed by atoms with E-state index in [-0.39, 0.29) is 6.04 Å². The minimum Gasteiger partial charge on any atom is -0.384 e. The maximum atomic E-state index is 14.9. The molecule has 2 aliphatic heterocycles. The molecule has 8 heteroatoms. The van der Waals surface area contributed by atoms with Crippen LogP contribution in [0.25, 0.3) is 22.2 Å². The number of hydrogen-bond acceptors (Lipinski definition) is 5. The molecular formula is C20H25FN6O. The van der Waals surface area contributed by atoms with Crippen molar-refractivity contribution in [3.63, 3.8) is 0 Å². The normalized spacial score (nSPS) is 23.8. The average Bonchev–Trinajstić information content (AvgIpc) is 3.30. The highest BCUT2D eigenvalue weighted by Gasteiger charge is 2.36. The number of nitrogens with zero attached hydrogens (tertiary/aromatic N) is 4. The maximum Gasteiger partial charge on any atom is 0.139 e. The fourth-order valence-electron chi connectivity index (χ4n) is 4.23. The number of fused-ring (bicyclic) bond motifs is 1. The minimum absolute atomic E-state index is 0.225. The summed E-state index contributed by atoms with van der Waals surface area (Å²) in [5.41, 5.74) is 3.82. The Kier molecular flexibility index (Phi) is 4.52. The van der Waals surface area contributed by atoms with Crippen LogP contribution >= 0.6 is 0 Å². The zero-order chi connectivity index (χ0) is 19.1. The molecule has 0 unspecified atom stereocenters. The third-order valence-electron chi connectivity index (χ3n) is 5.87. The molecule has 5 heterocycles. The SMILES string of the molecule is CCNc1c(-c2cnn([C@H]3CCN(C4COC4)C[C@@H]3F)c2)cnc2[nH]ccc12. The van der Waals surface area contributed by atoms with Gasteiger partial charge in [0.25, 0.3) is 0 Å².